The maximum Gasteiger partial charge on any atom is 0.165 e. The monoisotopic (exact) mass is 299 g/mol. The Morgan fingerprint density at radius 1 is 1.14 bits per heavy atom. The van der Waals surface area contributed by atoms with Crippen LogP contribution in [0.4, 0.5) is 4.39 Å². The molecule has 2 atom stereocenters. The van der Waals surface area contributed by atoms with Crippen molar-refractivity contribution in [3.63, 3.8) is 0 Å². The average molecular weight is 299 g/mol. The Bertz CT molecular complexity index is 420. The fourth-order valence-electron chi connectivity index (χ4n) is 2.00. The number of nitrogens with one attached hydrogen (secondary N) is 1. The van der Waals surface area contributed by atoms with Crippen LogP contribution in [0.2, 0.25) is 0 Å². The summed E-state index contributed by atoms with van der Waals surface area (Å²) in [6.45, 7) is 6.89. The lowest BCUT2D eigenvalue weighted by atomic mass is 9.89. The first kappa shape index (κ1) is 17.9. The molecule has 0 aliphatic rings. The van der Waals surface area contributed by atoms with Crippen molar-refractivity contribution in [2.45, 2.75) is 39.4 Å². The summed E-state index contributed by atoms with van der Waals surface area (Å²) in [4.78, 5) is 0. The van der Waals surface area contributed by atoms with Gasteiger partial charge < -0.3 is 20.3 Å². The molecule has 0 heterocycles. The molecule has 5 heteroatoms. The highest BCUT2D eigenvalue weighted by Gasteiger charge is 2.16. The normalized spacial score (nSPS) is 14.8. The Labute approximate surface area is 125 Å². The third kappa shape index (κ3) is 7.99. The summed E-state index contributed by atoms with van der Waals surface area (Å²) in [5.74, 6) is -0.317. The summed E-state index contributed by atoms with van der Waals surface area (Å²) in [7, 11) is 0. The molecule has 21 heavy (non-hydrogen) atoms. The third-order valence-electron chi connectivity index (χ3n) is 2.88. The number of ether oxygens (including phenoxy) is 1. The quantitative estimate of drug-likeness (QED) is 0.686. The Hall–Kier alpha value is -1.17. The van der Waals surface area contributed by atoms with Crippen LogP contribution in [0, 0.1) is 11.2 Å². The van der Waals surface area contributed by atoms with Crippen LogP contribution in [0.15, 0.2) is 24.3 Å². The largest absolute Gasteiger partial charge is 0.488 e. The standard InChI is InChI=1S/C16H26FNO3/c1-16(2,3)8-12(19)9-18-10-13(20)11-21-15-7-5-4-6-14(15)17/h4-7,12-13,18-20H,8-11H2,1-3H3. The highest BCUT2D eigenvalue weighted by Crippen LogP contribution is 2.20. The molecule has 0 saturated heterocycles. The van der Waals surface area contributed by atoms with Gasteiger partial charge in [-0.25, -0.2) is 4.39 Å². The molecular weight excluding hydrogens is 273 g/mol. The van der Waals surface area contributed by atoms with E-state index in [0.717, 1.165) is 0 Å². The summed E-state index contributed by atoms with van der Waals surface area (Å²) >= 11 is 0. The first-order chi connectivity index (χ1) is 9.78. The molecule has 0 fully saturated rings. The molecule has 0 saturated carbocycles. The first-order valence-corrected chi connectivity index (χ1v) is 7.22. The zero-order valence-electron chi connectivity index (χ0n) is 13.0. The van der Waals surface area contributed by atoms with Gasteiger partial charge in [0.2, 0.25) is 0 Å². The van der Waals surface area contributed by atoms with Gasteiger partial charge in [-0.15, -0.1) is 0 Å². The van der Waals surface area contributed by atoms with Crippen molar-refractivity contribution >= 4 is 0 Å². The van der Waals surface area contributed by atoms with E-state index in [2.05, 4.69) is 26.1 Å². The van der Waals surface area contributed by atoms with E-state index in [1.807, 2.05) is 0 Å². The van der Waals surface area contributed by atoms with Crippen molar-refractivity contribution < 1.29 is 19.3 Å². The lowest BCUT2D eigenvalue weighted by molar-refractivity contribution is 0.0895. The highest BCUT2D eigenvalue weighted by molar-refractivity contribution is 5.23. The molecule has 3 N–H and O–H groups in total. The lowest BCUT2D eigenvalue weighted by Crippen LogP contribution is -2.37. The second-order valence-electron chi connectivity index (χ2n) is 6.47. The molecule has 1 aromatic rings. The van der Waals surface area contributed by atoms with Gasteiger partial charge in [-0.3, -0.25) is 0 Å². The molecule has 4 nitrogen and oxygen atoms in total. The number of hydrogen-bond acceptors (Lipinski definition) is 4. The van der Waals surface area contributed by atoms with Crippen molar-refractivity contribution in [1.82, 2.24) is 5.32 Å². The van der Waals surface area contributed by atoms with Crippen LogP contribution >= 0.6 is 0 Å². The predicted octanol–water partition coefficient (Wildman–Crippen LogP) is 1.95. The van der Waals surface area contributed by atoms with Gasteiger partial charge in [0.25, 0.3) is 0 Å². The highest BCUT2D eigenvalue weighted by atomic mass is 19.1. The van der Waals surface area contributed by atoms with Gasteiger partial charge in [0.1, 0.15) is 12.7 Å². The lowest BCUT2D eigenvalue weighted by Gasteiger charge is -2.23. The predicted molar refractivity (Wildman–Crippen MR) is 80.9 cm³/mol. The van der Waals surface area contributed by atoms with Gasteiger partial charge in [0.15, 0.2) is 11.6 Å². The van der Waals surface area contributed by atoms with E-state index in [4.69, 9.17) is 4.74 Å². The van der Waals surface area contributed by atoms with Crippen molar-refractivity contribution in [2.75, 3.05) is 19.7 Å². The van der Waals surface area contributed by atoms with Crippen molar-refractivity contribution in [2.24, 2.45) is 5.41 Å². The number of aliphatic hydroxyl groups excluding tert-OH is 2. The minimum atomic E-state index is -0.758. The smallest absolute Gasteiger partial charge is 0.165 e. The van der Waals surface area contributed by atoms with Gasteiger partial charge in [0, 0.05) is 13.1 Å². The van der Waals surface area contributed by atoms with Crippen molar-refractivity contribution in [3.8, 4) is 5.75 Å². The van der Waals surface area contributed by atoms with E-state index in [9.17, 15) is 14.6 Å². The van der Waals surface area contributed by atoms with E-state index in [1.165, 1.54) is 12.1 Å². The molecule has 1 rings (SSSR count). The maximum absolute atomic E-state index is 13.3. The molecule has 0 spiro atoms. The van der Waals surface area contributed by atoms with E-state index in [1.54, 1.807) is 12.1 Å². The van der Waals surface area contributed by atoms with Gasteiger partial charge in [-0.05, 0) is 24.0 Å². The van der Waals surface area contributed by atoms with Crippen LogP contribution in [0.1, 0.15) is 27.2 Å². The van der Waals surface area contributed by atoms with Gasteiger partial charge in [-0.2, -0.15) is 0 Å². The number of hydrogen-bond donors (Lipinski definition) is 3. The molecule has 1 aromatic carbocycles. The average Bonchev–Trinajstić information content (AvgIpc) is 2.35. The van der Waals surface area contributed by atoms with Gasteiger partial charge >= 0.3 is 0 Å². The zero-order chi connectivity index (χ0) is 15.9. The summed E-state index contributed by atoms with van der Waals surface area (Å²) in [6.07, 6.45) is -0.530. The summed E-state index contributed by atoms with van der Waals surface area (Å²) in [6, 6.07) is 6.08. The topological polar surface area (TPSA) is 61.7 Å². The van der Waals surface area contributed by atoms with Crippen molar-refractivity contribution in [1.29, 1.82) is 0 Å². The zero-order valence-corrected chi connectivity index (χ0v) is 13.0. The molecular formula is C16H26FNO3. The van der Waals surface area contributed by atoms with E-state index < -0.39 is 18.0 Å². The number of halogens is 1. The number of benzene rings is 1. The Morgan fingerprint density at radius 2 is 1.76 bits per heavy atom. The van der Waals surface area contributed by atoms with E-state index >= 15 is 0 Å². The van der Waals surface area contributed by atoms with Crippen LogP contribution in [0.5, 0.6) is 5.75 Å². The number of para-hydroxylation sites is 1. The molecule has 0 aliphatic carbocycles. The van der Waals surface area contributed by atoms with Crippen LogP contribution in [-0.4, -0.2) is 42.1 Å². The summed E-state index contributed by atoms with van der Waals surface area (Å²) in [5.41, 5.74) is 0.0632. The SMILES string of the molecule is CC(C)(C)CC(O)CNCC(O)COc1ccccc1F. The Balaban J connectivity index is 2.20. The molecule has 0 bridgehead atoms. The van der Waals surface area contributed by atoms with Crippen LogP contribution < -0.4 is 10.1 Å². The number of rotatable bonds is 8. The molecule has 0 radical (unpaired) electrons. The van der Waals surface area contributed by atoms with E-state index in [-0.39, 0.29) is 24.3 Å². The summed E-state index contributed by atoms with van der Waals surface area (Å²) in [5, 5.41) is 22.6. The van der Waals surface area contributed by atoms with Gasteiger partial charge in [0.05, 0.1) is 6.10 Å². The molecule has 0 aliphatic heterocycles. The first-order valence-electron chi connectivity index (χ1n) is 7.22. The third-order valence-corrected chi connectivity index (χ3v) is 2.88. The molecule has 2 unspecified atom stereocenters. The van der Waals surface area contributed by atoms with Crippen LogP contribution in [-0.2, 0) is 0 Å². The fourth-order valence-corrected chi connectivity index (χ4v) is 2.00. The number of aliphatic hydroxyl groups is 2. The molecule has 0 amide bonds. The minimum absolute atomic E-state index is 0.00327. The Kier molecular flexibility index (Phi) is 7.08. The Morgan fingerprint density at radius 3 is 2.38 bits per heavy atom. The van der Waals surface area contributed by atoms with Gasteiger partial charge in [-0.1, -0.05) is 32.9 Å². The second-order valence-corrected chi connectivity index (χ2v) is 6.47. The van der Waals surface area contributed by atoms with Crippen molar-refractivity contribution in [3.05, 3.63) is 30.1 Å². The maximum atomic E-state index is 13.3. The van der Waals surface area contributed by atoms with Crippen LogP contribution in [0.25, 0.3) is 0 Å². The summed E-state index contributed by atoms with van der Waals surface area (Å²) < 4.78 is 18.5. The molecule has 0 aromatic heterocycles. The fraction of sp³-hybridized carbons (Fsp3) is 0.625. The molecule has 120 valence electrons. The van der Waals surface area contributed by atoms with Crippen LogP contribution in [0.3, 0.4) is 0 Å². The second kappa shape index (κ2) is 8.32. The van der Waals surface area contributed by atoms with E-state index in [0.29, 0.717) is 13.0 Å². The minimum Gasteiger partial charge on any atom is -0.488 e.